The van der Waals surface area contributed by atoms with Gasteiger partial charge in [-0.3, -0.25) is 0 Å². The fraction of sp³-hybridized carbons (Fsp3) is 0.714. The van der Waals surface area contributed by atoms with Crippen molar-refractivity contribution in [1.29, 1.82) is 0 Å². The van der Waals surface area contributed by atoms with Gasteiger partial charge in [0, 0.05) is 36.1 Å². The molecule has 298 valence electrons. The number of ether oxygens (including phenoxy) is 6. The molecule has 4 aliphatic heterocycles. The first-order chi connectivity index (χ1) is 26.0. The molecule has 0 aromatic carbocycles. The summed E-state index contributed by atoms with van der Waals surface area (Å²) in [5.41, 5.74) is 2.55. The number of carbonyl (C=O) groups is 4. The van der Waals surface area contributed by atoms with Crippen molar-refractivity contribution < 1.29 is 47.6 Å². The highest BCUT2D eigenvalue weighted by molar-refractivity contribution is 5.91. The summed E-state index contributed by atoms with van der Waals surface area (Å²) in [5, 5.41) is 5.74. The lowest BCUT2D eigenvalue weighted by Crippen LogP contribution is -2.29. The molecule has 0 bridgehead atoms. The Balaban J connectivity index is 0.751. The molecule has 4 saturated heterocycles. The average molecular weight is 753 g/mol. The Morgan fingerprint density at radius 1 is 0.685 bits per heavy atom. The summed E-state index contributed by atoms with van der Waals surface area (Å²) in [6.07, 6.45) is 17.3. The third-order valence-electron chi connectivity index (χ3n) is 12.3. The van der Waals surface area contributed by atoms with Crippen molar-refractivity contribution in [2.75, 3.05) is 26.3 Å². The van der Waals surface area contributed by atoms with E-state index in [1.54, 1.807) is 0 Å². The molecule has 4 heterocycles. The number of nitrogens with one attached hydrogen (secondary N) is 2. The van der Waals surface area contributed by atoms with Gasteiger partial charge in [-0.15, -0.1) is 0 Å². The van der Waals surface area contributed by atoms with Crippen LogP contribution in [-0.4, -0.2) is 86.0 Å². The normalized spacial score (nSPS) is 34.9. The Kier molecular flexibility index (Phi) is 13.3. The molecule has 2 N–H and O–H groups in total. The highest BCUT2D eigenvalue weighted by Gasteiger charge is 2.62. The summed E-state index contributed by atoms with van der Waals surface area (Å²) < 4.78 is 34.2. The van der Waals surface area contributed by atoms with Crippen molar-refractivity contribution in [3.8, 4) is 0 Å². The molecule has 0 spiro atoms. The van der Waals surface area contributed by atoms with Crippen LogP contribution in [0.1, 0.15) is 117 Å². The van der Waals surface area contributed by atoms with E-state index >= 15 is 0 Å². The molecule has 0 unspecified atom stereocenters. The van der Waals surface area contributed by atoms with Crippen LogP contribution in [0.5, 0.6) is 0 Å². The Morgan fingerprint density at radius 3 is 1.48 bits per heavy atom. The number of esters is 2. The molecule has 12 nitrogen and oxygen atoms in total. The van der Waals surface area contributed by atoms with E-state index < -0.39 is 12.2 Å². The van der Waals surface area contributed by atoms with Crippen molar-refractivity contribution >= 4 is 24.1 Å². The molecule has 54 heavy (non-hydrogen) atoms. The zero-order valence-electron chi connectivity index (χ0n) is 32.3. The van der Waals surface area contributed by atoms with Crippen molar-refractivity contribution in [2.45, 2.75) is 152 Å². The van der Waals surface area contributed by atoms with E-state index in [0.717, 1.165) is 88.2 Å². The van der Waals surface area contributed by atoms with Crippen LogP contribution in [0.3, 0.4) is 0 Å². The lowest BCUT2D eigenvalue weighted by molar-refractivity contribution is -0.140. The SMILES string of the molecule is C=C1C(=O)O[C@H]2[C@H]1CC/C(COC(=O)NCCCCCCCCCCNC(=O)OC/C1=C/CC[C@@]3(C)O[C@H]3[C@H]3OC(=O)C(=C)[C@@H]3CC1)=C\CC[C@@]1(C)O[C@@H]21. The number of unbranched alkanes of at least 4 members (excludes halogenated alkanes) is 7. The average Bonchev–Trinajstić information content (AvgIpc) is 3.96. The number of amides is 2. The molecule has 0 aromatic heterocycles. The molecule has 0 radical (unpaired) electrons. The van der Waals surface area contributed by atoms with Gasteiger partial charge in [-0.1, -0.05) is 63.8 Å². The summed E-state index contributed by atoms with van der Waals surface area (Å²) in [7, 11) is 0. The molecule has 2 aliphatic carbocycles. The Bertz CT molecular complexity index is 1390. The second-order valence-corrected chi connectivity index (χ2v) is 16.4. The maximum atomic E-state index is 12.4. The van der Waals surface area contributed by atoms with E-state index in [1.807, 2.05) is 0 Å². The molecule has 6 aliphatic rings. The number of hydrogen-bond donors (Lipinski definition) is 2. The summed E-state index contributed by atoms with van der Waals surface area (Å²) >= 11 is 0. The van der Waals surface area contributed by atoms with Gasteiger partial charge >= 0.3 is 24.1 Å². The molecule has 0 saturated carbocycles. The van der Waals surface area contributed by atoms with Crippen molar-refractivity contribution in [3.63, 3.8) is 0 Å². The number of rotatable bonds is 15. The second kappa shape index (κ2) is 17.9. The number of carbonyl (C=O) groups excluding carboxylic acids is 4. The zero-order valence-corrected chi connectivity index (χ0v) is 32.3. The Morgan fingerprint density at radius 2 is 1.07 bits per heavy atom. The molecular formula is C42H60N2O10. The van der Waals surface area contributed by atoms with Gasteiger partial charge in [-0.25, -0.2) is 19.2 Å². The first-order valence-electron chi connectivity index (χ1n) is 20.3. The quantitative estimate of drug-likeness (QED) is 0.0443. The number of alkyl carbamates (subject to hydrolysis) is 2. The van der Waals surface area contributed by atoms with Crippen LogP contribution in [0.25, 0.3) is 0 Å². The molecule has 4 fully saturated rings. The maximum absolute atomic E-state index is 12.4. The van der Waals surface area contributed by atoms with E-state index in [9.17, 15) is 19.2 Å². The fourth-order valence-electron chi connectivity index (χ4n) is 8.61. The zero-order chi connectivity index (χ0) is 38.3. The Labute approximate surface area is 319 Å². The summed E-state index contributed by atoms with van der Waals surface area (Å²) in [6.45, 7) is 13.7. The van der Waals surface area contributed by atoms with Crippen molar-refractivity contribution in [1.82, 2.24) is 10.6 Å². The molecule has 0 aromatic rings. The predicted octanol–water partition coefficient (Wildman–Crippen LogP) is 7.07. The van der Waals surface area contributed by atoms with Crippen LogP contribution in [0.4, 0.5) is 9.59 Å². The fourth-order valence-corrected chi connectivity index (χ4v) is 8.61. The van der Waals surface area contributed by atoms with Gasteiger partial charge in [-0.05, 0) is 89.2 Å². The monoisotopic (exact) mass is 752 g/mol. The van der Waals surface area contributed by atoms with Gasteiger partial charge in [0.25, 0.3) is 0 Å². The number of epoxide rings is 2. The minimum Gasteiger partial charge on any atom is -0.455 e. The smallest absolute Gasteiger partial charge is 0.407 e. The molecule has 6 rings (SSSR count). The molecular weight excluding hydrogens is 692 g/mol. The van der Waals surface area contributed by atoms with Gasteiger partial charge in [-0.2, -0.15) is 0 Å². The number of fused-ring (bicyclic) bond motifs is 6. The lowest BCUT2D eigenvalue weighted by atomic mass is 9.84. The largest absolute Gasteiger partial charge is 0.455 e. The highest BCUT2D eigenvalue weighted by Crippen LogP contribution is 2.51. The van der Waals surface area contributed by atoms with Crippen LogP contribution < -0.4 is 10.6 Å². The van der Waals surface area contributed by atoms with Crippen molar-refractivity contribution in [2.24, 2.45) is 11.8 Å². The van der Waals surface area contributed by atoms with Crippen LogP contribution >= 0.6 is 0 Å². The minimum absolute atomic E-state index is 0.0715. The van der Waals surface area contributed by atoms with Crippen LogP contribution in [0.2, 0.25) is 0 Å². The van der Waals surface area contributed by atoms with Crippen LogP contribution in [0.15, 0.2) is 47.6 Å². The van der Waals surface area contributed by atoms with Crippen LogP contribution in [-0.2, 0) is 38.0 Å². The topological polar surface area (TPSA) is 154 Å². The van der Waals surface area contributed by atoms with E-state index in [0.29, 0.717) is 49.9 Å². The van der Waals surface area contributed by atoms with Gasteiger partial charge in [0.2, 0.25) is 0 Å². The van der Waals surface area contributed by atoms with E-state index in [2.05, 4.69) is 49.8 Å². The number of allylic oxidation sites excluding steroid dienone is 2. The third kappa shape index (κ3) is 10.2. The summed E-state index contributed by atoms with van der Waals surface area (Å²) in [5.74, 6) is -0.809. The van der Waals surface area contributed by atoms with Gasteiger partial charge in [0.1, 0.15) is 37.6 Å². The van der Waals surface area contributed by atoms with Crippen LogP contribution in [0, 0.1) is 11.8 Å². The first-order valence-corrected chi connectivity index (χ1v) is 20.3. The maximum Gasteiger partial charge on any atom is 0.407 e. The predicted molar refractivity (Wildman–Crippen MR) is 200 cm³/mol. The standard InChI is InChI=1S/C42H60N2O10/c1-27-31-19-17-29(15-13-21-41(3)35(53-41)33(31)51-37(27)45)25-49-39(47)43-23-11-9-7-5-6-8-10-12-24-44-40(48)50-26-30-16-14-22-42(4)36(54-42)34-32(20-18-30)28(2)38(46)52-34/h15-16,31-36H,1-2,5-14,17-26H2,3-4H3,(H,43,47)(H,44,48)/b29-15+,30-16+/t31-,32-,33-,34-,35-,36-,41+,42+/m0/s1. The Hall–Kier alpha value is -3.64. The highest BCUT2D eigenvalue weighted by atomic mass is 16.7. The lowest BCUT2D eigenvalue weighted by Gasteiger charge is -2.20. The van der Waals surface area contributed by atoms with Gasteiger partial charge in [0.15, 0.2) is 0 Å². The second-order valence-electron chi connectivity index (χ2n) is 16.4. The first kappa shape index (κ1) is 40.0. The summed E-state index contributed by atoms with van der Waals surface area (Å²) in [6, 6.07) is 0. The number of hydrogen-bond acceptors (Lipinski definition) is 10. The molecule has 12 heteroatoms. The van der Waals surface area contributed by atoms with E-state index in [1.165, 1.54) is 0 Å². The van der Waals surface area contributed by atoms with Gasteiger partial charge < -0.3 is 39.1 Å². The molecule has 2 amide bonds. The van der Waals surface area contributed by atoms with E-state index in [4.69, 9.17) is 28.4 Å². The third-order valence-corrected chi connectivity index (χ3v) is 12.3. The summed E-state index contributed by atoms with van der Waals surface area (Å²) in [4.78, 5) is 49.1. The molecule has 8 atom stereocenters. The van der Waals surface area contributed by atoms with E-state index in [-0.39, 0.29) is 72.6 Å². The van der Waals surface area contributed by atoms with Gasteiger partial charge in [0.05, 0.1) is 11.2 Å². The van der Waals surface area contributed by atoms with Crippen molar-refractivity contribution in [3.05, 3.63) is 47.6 Å². The minimum atomic E-state index is -0.406.